The molecule has 5 nitrogen and oxygen atoms in total. The van der Waals surface area contributed by atoms with Crippen molar-refractivity contribution < 1.29 is 19.4 Å². The van der Waals surface area contributed by atoms with Gasteiger partial charge in [-0.15, -0.1) is 0 Å². The molecule has 0 heterocycles. The van der Waals surface area contributed by atoms with Crippen LogP contribution in [0.5, 0.6) is 0 Å². The van der Waals surface area contributed by atoms with Crippen LogP contribution in [0.2, 0.25) is 0 Å². The molecule has 0 aromatic carbocycles. The van der Waals surface area contributed by atoms with Gasteiger partial charge < -0.3 is 15.6 Å². The van der Waals surface area contributed by atoms with Crippen molar-refractivity contribution in [2.75, 3.05) is 7.11 Å². The Morgan fingerprint density at radius 3 is 2.33 bits per heavy atom. The molecular weight excluding hydrogens is 162 g/mol. The summed E-state index contributed by atoms with van der Waals surface area (Å²) in [5.74, 6) is -1.22. The zero-order valence-corrected chi connectivity index (χ0v) is 7.16. The highest BCUT2D eigenvalue weighted by Crippen LogP contribution is 2.14. The van der Waals surface area contributed by atoms with Crippen molar-refractivity contribution in [2.24, 2.45) is 5.73 Å². The second-order valence-electron chi connectivity index (χ2n) is 2.89. The van der Waals surface area contributed by atoms with Gasteiger partial charge in [-0.25, -0.2) is 0 Å². The molecule has 5 heteroatoms. The van der Waals surface area contributed by atoms with E-state index in [4.69, 9.17) is 5.73 Å². The molecule has 0 aromatic heterocycles. The molecule has 70 valence electrons. The molecule has 0 aliphatic rings. The van der Waals surface area contributed by atoms with Gasteiger partial charge in [0.1, 0.15) is 0 Å². The zero-order chi connectivity index (χ0) is 9.78. The number of rotatable bonds is 4. The molecule has 1 atom stereocenters. The van der Waals surface area contributed by atoms with Gasteiger partial charge in [-0.2, -0.15) is 0 Å². The summed E-state index contributed by atoms with van der Waals surface area (Å²) >= 11 is 0. The number of primary amides is 1. The number of carbonyl (C=O) groups excluding carboxylic acids is 2. The molecule has 0 bridgehead atoms. The van der Waals surface area contributed by atoms with Gasteiger partial charge in [-0.3, -0.25) is 9.59 Å². The summed E-state index contributed by atoms with van der Waals surface area (Å²) in [4.78, 5) is 21.1. The topological polar surface area (TPSA) is 89.6 Å². The molecular formula is C7H13NO4. The predicted molar refractivity (Wildman–Crippen MR) is 41.1 cm³/mol. The molecule has 3 N–H and O–H groups in total. The van der Waals surface area contributed by atoms with Crippen LogP contribution in [0.4, 0.5) is 0 Å². The Morgan fingerprint density at radius 2 is 2.00 bits per heavy atom. The van der Waals surface area contributed by atoms with Gasteiger partial charge in [0.25, 0.3) is 0 Å². The molecule has 0 fully saturated rings. The summed E-state index contributed by atoms with van der Waals surface area (Å²) in [7, 11) is 1.21. The van der Waals surface area contributed by atoms with Crippen molar-refractivity contribution in [1.82, 2.24) is 0 Å². The van der Waals surface area contributed by atoms with E-state index in [0.29, 0.717) is 0 Å². The molecule has 0 aromatic rings. The van der Waals surface area contributed by atoms with E-state index in [1.54, 1.807) is 0 Å². The normalized spacial score (nSPS) is 14.9. The lowest BCUT2D eigenvalue weighted by Gasteiger charge is -2.19. The number of amides is 1. The molecule has 0 saturated heterocycles. The summed E-state index contributed by atoms with van der Waals surface area (Å²) in [6, 6.07) is 0. The Kier molecular flexibility index (Phi) is 3.69. The molecule has 12 heavy (non-hydrogen) atoms. The third kappa shape index (κ3) is 4.68. The van der Waals surface area contributed by atoms with E-state index in [-0.39, 0.29) is 12.8 Å². The number of hydrogen-bond acceptors (Lipinski definition) is 4. The molecule has 0 spiro atoms. The van der Waals surface area contributed by atoms with Crippen molar-refractivity contribution in [3.8, 4) is 0 Å². The van der Waals surface area contributed by atoms with E-state index in [2.05, 4.69) is 4.74 Å². The van der Waals surface area contributed by atoms with Crippen molar-refractivity contribution in [3.63, 3.8) is 0 Å². The minimum absolute atomic E-state index is 0.230. The molecule has 0 radical (unpaired) electrons. The van der Waals surface area contributed by atoms with E-state index in [1.807, 2.05) is 0 Å². The SMILES string of the molecule is COC(=O)CC(C)(O)CC(N)=O. The fourth-order valence-electron chi connectivity index (χ4n) is 0.821. The number of carbonyl (C=O) groups is 2. The third-order valence-electron chi connectivity index (χ3n) is 1.31. The quantitative estimate of drug-likeness (QED) is 0.546. The van der Waals surface area contributed by atoms with Crippen LogP contribution in [0.25, 0.3) is 0 Å². The van der Waals surface area contributed by atoms with E-state index >= 15 is 0 Å². The van der Waals surface area contributed by atoms with Gasteiger partial charge in [0.2, 0.25) is 5.91 Å². The van der Waals surface area contributed by atoms with Crippen LogP contribution in [-0.2, 0) is 14.3 Å². The maximum atomic E-state index is 10.7. The van der Waals surface area contributed by atoms with Gasteiger partial charge >= 0.3 is 5.97 Å². The Balaban J connectivity index is 4.03. The minimum Gasteiger partial charge on any atom is -0.469 e. The Bertz CT molecular complexity index is 188. The maximum absolute atomic E-state index is 10.7. The highest BCUT2D eigenvalue weighted by Gasteiger charge is 2.26. The van der Waals surface area contributed by atoms with E-state index < -0.39 is 17.5 Å². The van der Waals surface area contributed by atoms with Gasteiger partial charge in [0.15, 0.2) is 0 Å². The highest BCUT2D eigenvalue weighted by atomic mass is 16.5. The van der Waals surface area contributed by atoms with Crippen LogP contribution in [-0.4, -0.2) is 29.7 Å². The average molecular weight is 175 g/mol. The monoisotopic (exact) mass is 175 g/mol. The number of methoxy groups -OCH3 is 1. The third-order valence-corrected chi connectivity index (χ3v) is 1.31. The number of nitrogens with two attached hydrogens (primary N) is 1. The smallest absolute Gasteiger partial charge is 0.308 e. The first-order chi connectivity index (χ1) is 5.37. The van der Waals surface area contributed by atoms with Gasteiger partial charge in [-0.1, -0.05) is 0 Å². The average Bonchev–Trinajstić information content (AvgIpc) is 1.83. The summed E-state index contributed by atoms with van der Waals surface area (Å²) < 4.78 is 4.32. The number of hydrogen-bond donors (Lipinski definition) is 2. The van der Waals surface area contributed by atoms with Crippen LogP contribution in [0.3, 0.4) is 0 Å². The number of esters is 1. The number of aliphatic hydroxyl groups is 1. The standard InChI is InChI=1S/C7H13NO4/c1-7(11,3-5(8)9)4-6(10)12-2/h11H,3-4H2,1-2H3,(H2,8,9). The largest absolute Gasteiger partial charge is 0.469 e. The Hall–Kier alpha value is -1.10. The molecule has 1 amide bonds. The van der Waals surface area contributed by atoms with Crippen LogP contribution < -0.4 is 5.73 Å². The van der Waals surface area contributed by atoms with Crippen molar-refractivity contribution in [1.29, 1.82) is 0 Å². The second kappa shape index (κ2) is 4.06. The lowest BCUT2D eigenvalue weighted by molar-refractivity contribution is -0.146. The molecule has 0 saturated carbocycles. The first-order valence-corrected chi connectivity index (χ1v) is 3.45. The van der Waals surface area contributed by atoms with Crippen LogP contribution in [0.1, 0.15) is 19.8 Å². The van der Waals surface area contributed by atoms with Crippen molar-refractivity contribution >= 4 is 11.9 Å². The van der Waals surface area contributed by atoms with Gasteiger partial charge in [-0.05, 0) is 6.92 Å². The van der Waals surface area contributed by atoms with E-state index in [9.17, 15) is 14.7 Å². The summed E-state index contributed by atoms with van der Waals surface area (Å²) in [5.41, 5.74) is 3.44. The molecule has 0 rings (SSSR count). The first-order valence-electron chi connectivity index (χ1n) is 3.45. The summed E-state index contributed by atoms with van der Waals surface area (Å²) in [5, 5.41) is 9.38. The number of ether oxygens (including phenoxy) is 1. The van der Waals surface area contributed by atoms with Crippen molar-refractivity contribution in [3.05, 3.63) is 0 Å². The lowest BCUT2D eigenvalue weighted by Crippen LogP contribution is -2.33. The highest BCUT2D eigenvalue weighted by molar-refractivity contribution is 5.77. The van der Waals surface area contributed by atoms with Crippen LogP contribution >= 0.6 is 0 Å². The molecule has 0 aliphatic heterocycles. The maximum Gasteiger partial charge on any atom is 0.308 e. The zero-order valence-electron chi connectivity index (χ0n) is 7.16. The Labute approximate surface area is 70.5 Å². The fraction of sp³-hybridized carbons (Fsp3) is 0.714. The minimum atomic E-state index is -1.40. The van der Waals surface area contributed by atoms with Gasteiger partial charge in [0, 0.05) is 0 Å². The van der Waals surface area contributed by atoms with Crippen molar-refractivity contribution in [2.45, 2.75) is 25.4 Å². The van der Waals surface area contributed by atoms with E-state index in [0.717, 1.165) is 0 Å². The fourth-order valence-corrected chi connectivity index (χ4v) is 0.821. The first kappa shape index (κ1) is 10.9. The lowest BCUT2D eigenvalue weighted by atomic mass is 9.98. The predicted octanol–water partition coefficient (Wildman–Crippen LogP) is -0.824. The second-order valence-corrected chi connectivity index (χ2v) is 2.89. The Morgan fingerprint density at radius 1 is 1.50 bits per heavy atom. The van der Waals surface area contributed by atoms with E-state index in [1.165, 1.54) is 14.0 Å². The van der Waals surface area contributed by atoms with Crippen LogP contribution in [0.15, 0.2) is 0 Å². The van der Waals surface area contributed by atoms with Crippen LogP contribution in [0, 0.1) is 0 Å². The molecule has 0 aliphatic carbocycles. The molecule has 1 unspecified atom stereocenters. The summed E-state index contributed by atoms with van der Waals surface area (Å²) in [6.45, 7) is 1.36. The van der Waals surface area contributed by atoms with Gasteiger partial charge in [0.05, 0.1) is 25.6 Å². The summed E-state index contributed by atoms with van der Waals surface area (Å²) in [6.07, 6.45) is -0.478.